The molecule has 1 saturated carbocycles. The quantitative estimate of drug-likeness (QED) is 0.898. The number of rotatable bonds is 3. The second-order valence-corrected chi connectivity index (χ2v) is 7.09. The number of fused-ring (bicyclic) bond motifs is 1. The average molecular weight is 374 g/mol. The Labute approximate surface area is 155 Å². The Morgan fingerprint density at radius 1 is 1.19 bits per heavy atom. The van der Waals surface area contributed by atoms with E-state index in [0.717, 1.165) is 6.42 Å². The predicted molar refractivity (Wildman–Crippen MR) is 94.3 cm³/mol. The van der Waals surface area contributed by atoms with Crippen molar-refractivity contribution < 1.29 is 18.4 Å². The lowest BCUT2D eigenvalue weighted by molar-refractivity contribution is -0.150. The number of hydrogen-bond acceptors (Lipinski definition) is 3. The number of alkyl halides is 1. The van der Waals surface area contributed by atoms with Crippen LogP contribution in [0.4, 0.5) is 14.5 Å². The molecule has 6 nitrogen and oxygen atoms in total. The van der Waals surface area contributed by atoms with Crippen molar-refractivity contribution in [2.45, 2.75) is 44.4 Å². The minimum atomic E-state index is -1.76. The van der Waals surface area contributed by atoms with Crippen LogP contribution in [0.25, 0.3) is 0 Å². The summed E-state index contributed by atoms with van der Waals surface area (Å²) in [6, 6.07) is 5.60. The maximum Gasteiger partial charge on any atom is 0.260 e. The van der Waals surface area contributed by atoms with Gasteiger partial charge < -0.3 is 10.2 Å². The molecule has 0 atom stereocenters. The van der Waals surface area contributed by atoms with Gasteiger partial charge in [-0.3, -0.25) is 14.3 Å². The summed E-state index contributed by atoms with van der Waals surface area (Å²) in [6.45, 7) is 1.11. The van der Waals surface area contributed by atoms with Crippen molar-refractivity contribution in [3.63, 3.8) is 0 Å². The number of aromatic nitrogens is 2. The van der Waals surface area contributed by atoms with Crippen molar-refractivity contribution >= 4 is 17.5 Å². The van der Waals surface area contributed by atoms with E-state index in [1.54, 1.807) is 10.7 Å². The molecular formula is C19H20F2N4O2. The molecule has 2 amide bonds. The predicted octanol–water partition coefficient (Wildman–Crippen LogP) is 2.90. The lowest BCUT2D eigenvalue weighted by Crippen LogP contribution is -2.50. The van der Waals surface area contributed by atoms with E-state index in [1.807, 2.05) is 0 Å². The number of carbonyl (C=O) groups is 2. The fourth-order valence-electron chi connectivity index (χ4n) is 3.55. The molecule has 27 heavy (non-hydrogen) atoms. The highest BCUT2D eigenvalue weighted by atomic mass is 19.1. The van der Waals surface area contributed by atoms with E-state index in [2.05, 4.69) is 10.4 Å². The molecule has 1 N–H and O–H groups in total. The third kappa shape index (κ3) is 3.31. The van der Waals surface area contributed by atoms with Gasteiger partial charge in [0.1, 0.15) is 5.82 Å². The first-order valence-corrected chi connectivity index (χ1v) is 9.06. The number of amides is 2. The summed E-state index contributed by atoms with van der Waals surface area (Å²) >= 11 is 0. The molecule has 1 aliphatic carbocycles. The second-order valence-electron chi connectivity index (χ2n) is 7.09. The smallest absolute Gasteiger partial charge is 0.260 e. The van der Waals surface area contributed by atoms with Crippen LogP contribution >= 0.6 is 0 Å². The first-order chi connectivity index (χ1) is 13.0. The number of nitrogens with zero attached hydrogens (tertiary/aromatic N) is 3. The van der Waals surface area contributed by atoms with Crippen LogP contribution in [0.5, 0.6) is 0 Å². The maximum absolute atomic E-state index is 14.6. The number of hydrogen-bond donors (Lipinski definition) is 1. The first kappa shape index (κ1) is 17.6. The van der Waals surface area contributed by atoms with Crippen LogP contribution in [-0.4, -0.2) is 38.7 Å². The highest BCUT2D eigenvalue weighted by molar-refractivity contribution is 6.05. The molecule has 4 rings (SSSR count). The lowest BCUT2D eigenvalue weighted by Gasteiger charge is -2.36. The highest BCUT2D eigenvalue weighted by Crippen LogP contribution is 2.38. The minimum absolute atomic E-state index is 0.135. The molecule has 1 aromatic carbocycles. The van der Waals surface area contributed by atoms with E-state index in [0.29, 0.717) is 36.5 Å². The molecule has 1 aliphatic heterocycles. The van der Waals surface area contributed by atoms with E-state index >= 15 is 0 Å². The molecule has 0 spiro atoms. The van der Waals surface area contributed by atoms with E-state index in [-0.39, 0.29) is 19.4 Å². The van der Waals surface area contributed by atoms with Crippen LogP contribution in [-0.2, 0) is 17.9 Å². The van der Waals surface area contributed by atoms with Crippen molar-refractivity contribution in [3.8, 4) is 0 Å². The van der Waals surface area contributed by atoms with Crippen molar-refractivity contribution in [2.24, 2.45) is 0 Å². The summed E-state index contributed by atoms with van der Waals surface area (Å²) in [6.07, 6.45) is 3.31. The Morgan fingerprint density at radius 3 is 2.70 bits per heavy atom. The Hall–Kier alpha value is -2.77. The molecule has 142 valence electrons. The zero-order valence-electron chi connectivity index (χ0n) is 14.8. The Kier molecular flexibility index (Phi) is 4.41. The summed E-state index contributed by atoms with van der Waals surface area (Å²) < 4.78 is 29.6. The molecule has 8 heteroatoms. The fourth-order valence-corrected chi connectivity index (χ4v) is 3.55. The van der Waals surface area contributed by atoms with E-state index in [4.69, 9.17) is 0 Å². The van der Waals surface area contributed by atoms with Gasteiger partial charge in [0.2, 0.25) is 0 Å². The SMILES string of the molecule is O=C(Nc1cccc(F)c1)c1cnn2c1CN(C(=O)C1(F)CCC1)CCC2. The number of aryl methyl sites for hydroxylation is 1. The van der Waals surface area contributed by atoms with Gasteiger partial charge in [0.25, 0.3) is 11.8 Å². The van der Waals surface area contributed by atoms with Crippen molar-refractivity contribution in [3.05, 3.63) is 47.5 Å². The second kappa shape index (κ2) is 6.75. The van der Waals surface area contributed by atoms with Crippen molar-refractivity contribution in [2.75, 3.05) is 11.9 Å². The average Bonchev–Trinajstić information content (AvgIpc) is 2.89. The first-order valence-electron chi connectivity index (χ1n) is 9.06. The van der Waals surface area contributed by atoms with Gasteiger partial charge in [-0.1, -0.05) is 6.07 Å². The molecule has 2 aromatic rings. The third-order valence-corrected chi connectivity index (χ3v) is 5.23. The Balaban J connectivity index is 1.56. The van der Waals surface area contributed by atoms with E-state index < -0.39 is 23.3 Å². The normalized spacial score (nSPS) is 18.2. The monoisotopic (exact) mass is 374 g/mol. The molecule has 0 saturated heterocycles. The Bertz CT molecular complexity index is 892. The summed E-state index contributed by atoms with van der Waals surface area (Å²) in [7, 11) is 0. The van der Waals surface area contributed by atoms with Crippen molar-refractivity contribution in [1.82, 2.24) is 14.7 Å². The zero-order chi connectivity index (χ0) is 19.0. The maximum atomic E-state index is 14.6. The molecule has 1 fully saturated rings. The standard InChI is InChI=1S/C19H20F2N4O2/c20-13-4-1-5-14(10-13)23-17(26)15-11-22-25-9-3-8-24(12-16(15)25)18(27)19(21)6-2-7-19/h1,4-5,10-11H,2-3,6-9,12H2,(H,23,26). The number of anilines is 1. The summed E-state index contributed by atoms with van der Waals surface area (Å²) in [4.78, 5) is 26.7. The topological polar surface area (TPSA) is 67.2 Å². The number of halogens is 2. The van der Waals surface area contributed by atoms with Gasteiger partial charge in [-0.25, -0.2) is 8.78 Å². The van der Waals surface area contributed by atoms with Gasteiger partial charge in [0.15, 0.2) is 5.67 Å². The molecule has 2 aliphatic rings. The van der Waals surface area contributed by atoms with Crippen LogP contribution in [0.3, 0.4) is 0 Å². The van der Waals surface area contributed by atoms with Crippen LogP contribution in [0.2, 0.25) is 0 Å². The summed E-state index contributed by atoms with van der Waals surface area (Å²) in [5.41, 5.74) is -0.559. The van der Waals surface area contributed by atoms with Gasteiger partial charge in [-0.05, 0) is 43.9 Å². The molecule has 2 heterocycles. The van der Waals surface area contributed by atoms with Crippen LogP contribution in [0, 0.1) is 5.82 Å². The third-order valence-electron chi connectivity index (χ3n) is 5.23. The van der Waals surface area contributed by atoms with Gasteiger partial charge in [-0.2, -0.15) is 5.10 Å². The molecular weight excluding hydrogens is 354 g/mol. The number of carbonyl (C=O) groups excluding carboxylic acids is 2. The van der Waals surface area contributed by atoms with Gasteiger partial charge in [0, 0.05) is 18.8 Å². The largest absolute Gasteiger partial charge is 0.334 e. The Morgan fingerprint density at radius 2 is 2.00 bits per heavy atom. The highest BCUT2D eigenvalue weighted by Gasteiger charge is 2.47. The summed E-state index contributed by atoms with van der Waals surface area (Å²) in [5, 5.41) is 6.88. The minimum Gasteiger partial charge on any atom is -0.334 e. The molecule has 1 aromatic heterocycles. The van der Waals surface area contributed by atoms with Crippen LogP contribution < -0.4 is 5.32 Å². The zero-order valence-corrected chi connectivity index (χ0v) is 14.8. The summed E-state index contributed by atoms with van der Waals surface area (Å²) in [5.74, 6) is -1.39. The van der Waals surface area contributed by atoms with Gasteiger partial charge >= 0.3 is 0 Å². The molecule has 0 bridgehead atoms. The lowest BCUT2D eigenvalue weighted by atomic mass is 9.81. The molecule has 0 unspecified atom stereocenters. The molecule has 0 radical (unpaired) electrons. The van der Waals surface area contributed by atoms with Gasteiger partial charge in [0.05, 0.1) is 24.0 Å². The fraction of sp³-hybridized carbons (Fsp3) is 0.421. The van der Waals surface area contributed by atoms with Crippen LogP contribution in [0.15, 0.2) is 30.5 Å². The van der Waals surface area contributed by atoms with Gasteiger partial charge in [-0.15, -0.1) is 0 Å². The van der Waals surface area contributed by atoms with Crippen LogP contribution in [0.1, 0.15) is 41.7 Å². The number of nitrogens with one attached hydrogen (secondary N) is 1. The van der Waals surface area contributed by atoms with Crippen molar-refractivity contribution in [1.29, 1.82) is 0 Å². The van der Waals surface area contributed by atoms with E-state index in [1.165, 1.54) is 29.3 Å². The van der Waals surface area contributed by atoms with E-state index in [9.17, 15) is 18.4 Å². The number of benzene rings is 1.